The molecule has 1 aliphatic heterocycles. The number of benzene rings is 2. The van der Waals surface area contributed by atoms with Gasteiger partial charge in [-0.25, -0.2) is 13.1 Å². The first-order valence-electron chi connectivity index (χ1n) is 8.59. The number of carbonyl (C=O) groups is 1. The summed E-state index contributed by atoms with van der Waals surface area (Å²) in [5.74, 6) is 0.202. The monoisotopic (exact) mass is 373 g/mol. The number of carbonyl (C=O) groups excluding carboxylic acids is 1. The van der Waals surface area contributed by atoms with Gasteiger partial charge >= 0.3 is 0 Å². The summed E-state index contributed by atoms with van der Waals surface area (Å²) in [6.45, 7) is 4.39. The first-order chi connectivity index (χ1) is 12.5. The SMILES string of the molecule is Cc1ccc(S(=O)(=O)NCc2ccccc2)cc1C(=O)NCC1CNC1. The summed E-state index contributed by atoms with van der Waals surface area (Å²) in [6, 6.07) is 13.9. The summed E-state index contributed by atoms with van der Waals surface area (Å²) in [5, 5.41) is 6.04. The average Bonchev–Trinajstić information content (AvgIpc) is 2.59. The molecule has 26 heavy (non-hydrogen) atoms. The maximum Gasteiger partial charge on any atom is 0.251 e. The van der Waals surface area contributed by atoms with E-state index in [1.54, 1.807) is 13.0 Å². The largest absolute Gasteiger partial charge is 0.352 e. The van der Waals surface area contributed by atoms with Crippen LogP contribution in [0.2, 0.25) is 0 Å². The molecule has 0 bridgehead atoms. The summed E-state index contributed by atoms with van der Waals surface area (Å²) in [4.78, 5) is 12.5. The molecule has 1 aliphatic rings. The Morgan fingerprint density at radius 1 is 1.15 bits per heavy atom. The van der Waals surface area contributed by atoms with Gasteiger partial charge in [-0.1, -0.05) is 36.4 Å². The average molecular weight is 373 g/mol. The van der Waals surface area contributed by atoms with Crippen molar-refractivity contribution >= 4 is 15.9 Å². The van der Waals surface area contributed by atoms with Gasteiger partial charge in [-0.2, -0.15) is 0 Å². The van der Waals surface area contributed by atoms with E-state index in [9.17, 15) is 13.2 Å². The molecule has 1 saturated heterocycles. The molecule has 6 nitrogen and oxygen atoms in total. The highest BCUT2D eigenvalue weighted by atomic mass is 32.2. The Hall–Kier alpha value is -2.22. The van der Waals surface area contributed by atoms with Gasteiger partial charge in [-0.3, -0.25) is 4.79 Å². The zero-order chi connectivity index (χ0) is 18.6. The van der Waals surface area contributed by atoms with Crippen LogP contribution in [-0.4, -0.2) is 34.0 Å². The molecule has 2 aromatic carbocycles. The van der Waals surface area contributed by atoms with Crippen molar-refractivity contribution in [3.05, 3.63) is 65.2 Å². The zero-order valence-corrected chi connectivity index (χ0v) is 15.5. The minimum Gasteiger partial charge on any atom is -0.352 e. The van der Waals surface area contributed by atoms with Crippen molar-refractivity contribution in [2.45, 2.75) is 18.4 Å². The molecule has 0 spiro atoms. The Kier molecular flexibility index (Phi) is 5.70. The summed E-state index contributed by atoms with van der Waals surface area (Å²) >= 11 is 0. The first kappa shape index (κ1) is 18.6. The fourth-order valence-electron chi connectivity index (χ4n) is 2.70. The van der Waals surface area contributed by atoms with Crippen LogP contribution in [0.1, 0.15) is 21.5 Å². The molecule has 0 aromatic heterocycles. The predicted octanol–water partition coefficient (Wildman–Crippen LogP) is 1.42. The van der Waals surface area contributed by atoms with Crippen molar-refractivity contribution < 1.29 is 13.2 Å². The van der Waals surface area contributed by atoms with Crippen molar-refractivity contribution in [2.24, 2.45) is 5.92 Å². The van der Waals surface area contributed by atoms with Gasteiger partial charge in [0.15, 0.2) is 0 Å². The molecule has 0 unspecified atom stereocenters. The van der Waals surface area contributed by atoms with E-state index in [2.05, 4.69) is 15.4 Å². The quantitative estimate of drug-likeness (QED) is 0.685. The van der Waals surface area contributed by atoms with Gasteiger partial charge in [0.2, 0.25) is 10.0 Å². The third-order valence-corrected chi connectivity index (χ3v) is 5.89. The standard InChI is InChI=1S/C19H23N3O3S/c1-14-7-8-17(9-18(14)19(23)21-12-16-10-20-11-16)26(24,25)22-13-15-5-3-2-4-6-15/h2-9,16,20,22H,10-13H2,1H3,(H,21,23). The van der Waals surface area contributed by atoms with E-state index < -0.39 is 10.0 Å². The molecule has 0 saturated carbocycles. The molecule has 1 heterocycles. The second-order valence-corrected chi connectivity index (χ2v) is 8.29. The highest BCUT2D eigenvalue weighted by molar-refractivity contribution is 7.89. The minimum atomic E-state index is -3.70. The van der Waals surface area contributed by atoms with E-state index >= 15 is 0 Å². The maximum atomic E-state index is 12.6. The van der Waals surface area contributed by atoms with E-state index in [1.165, 1.54) is 12.1 Å². The third-order valence-electron chi connectivity index (χ3n) is 4.49. The zero-order valence-electron chi connectivity index (χ0n) is 14.7. The van der Waals surface area contributed by atoms with Crippen molar-refractivity contribution in [1.82, 2.24) is 15.4 Å². The predicted molar refractivity (Wildman–Crippen MR) is 100 cm³/mol. The number of hydrogen-bond donors (Lipinski definition) is 3. The molecular weight excluding hydrogens is 350 g/mol. The molecule has 3 rings (SSSR count). The van der Waals surface area contributed by atoms with Gasteiger partial charge < -0.3 is 10.6 Å². The van der Waals surface area contributed by atoms with Crippen LogP contribution in [0.25, 0.3) is 0 Å². The molecule has 3 N–H and O–H groups in total. The normalized spacial score (nSPS) is 14.7. The van der Waals surface area contributed by atoms with E-state index in [0.717, 1.165) is 24.2 Å². The first-order valence-corrected chi connectivity index (χ1v) is 10.1. The highest BCUT2D eigenvalue weighted by Crippen LogP contribution is 2.16. The maximum absolute atomic E-state index is 12.6. The summed E-state index contributed by atoms with van der Waals surface area (Å²) in [7, 11) is -3.70. The van der Waals surface area contributed by atoms with Crippen LogP contribution in [0.15, 0.2) is 53.4 Å². The number of amides is 1. The molecular formula is C19H23N3O3S. The van der Waals surface area contributed by atoms with Gasteiger partial charge in [0.25, 0.3) is 5.91 Å². The van der Waals surface area contributed by atoms with Crippen LogP contribution in [-0.2, 0) is 16.6 Å². The number of sulfonamides is 1. The Balaban J connectivity index is 1.71. The van der Waals surface area contributed by atoms with E-state index in [4.69, 9.17) is 0 Å². The van der Waals surface area contributed by atoms with Crippen LogP contribution < -0.4 is 15.4 Å². The van der Waals surface area contributed by atoms with E-state index in [0.29, 0.717) is 18.0 Å². The van der Waals surface area contributed by atoms with Crippen molar-refractivity contribution in [2.75, 3.05) is 19.6 Å². The number of hydrogen-bond acceptors (Lipinski definition) is 4. The topological polar surface area (TPSA) is 87.3 Å². The number of aryl methyl sites for hydroxylation is 1. The van der Waals surface area contributed by atoms with Crippen LogP contribution in [0, 0.1) is 12.8 Å². The molecule has 7 heteroatoms. The van der Waals surface area contributed by atoms with Crippen LogP contribution in [0.5, 0.6) is 0 Å². The minimum absolute atomic E-state index is 0.0921. The Labute approximate surface area is 154 Å². The summed E-state index contributed by atoms with van der Waals surface area (Å²) in [6.07, 6.45) is 0. The van der Waals surface area contributed by atoms with Gasteiger partial charge in [0.05, 0.1) is 4.90 Å². The third kappa shape index (κ3) is 4.49. The summed E-state index contributed by atoms with van der Waals surface area (Å²) in [5.41, 5.74) is 2.01. The molecule has 0 radical (unpaired) electrons. The molecule has 138 valence electrons. The molecule has 2 aromatic rings. The van der Waals surface area contributed by atoms with Gasteiger partial charge in [-0.15, -0.1) is 0 Å². The Morgan fingerprint density at radius 2 is 1.88 bits per heavy atom. The second kappa shape index (κ2) is 7.99. The fourth-order valence-corrected chi connectivity index (χ4v) is 3.74. The lowest BCUT2D eigenvalue weighted by Gasteiger charge is -2.27. The molecule has 1 fully saturated rings. The Bertz CT molecular complexity index is 878. The van der Waals surface area contributed by atoms with Crippen molar-refractivity contribution in [3.8, 4) is 0 Å². The smallest absolute Gasteiger partial charge is 0.251 e. The van der Waals surface area contributed by atoms with Gasteiger partial charge in [0, 0.05) is 37.7 Å². The molecule has 0 atom stereocenters. The van der Waals surface area contributed by atoms with Crippen molar-refractivity contribution in [1.29, 1.82) is 0 Å². The van der Waals surface area contributed by atoms with Crippen LogP contribution in [0.4, 0.5) is 0 Å². The number of rotatable bonds is 7. The number of nitrogens with one attached hydrogen (secondary N) is 3. The van der Waals surface area contributed by atoms with E-state index in [-0.39, 0.29) is 17.3 Å². The fraction of sp³-hybridized carbons (Fsp3) is 0.316. The molecule has 1 amide bonds. The van der Waals surface area contributed by atoms with E-state index in [1.807, 2.05) is 30.3 Å². The van der Waals surface area contributed by atoms with Crippen LogP contribution >= 0.6 is 0 Å². The lowest BCUT2D eigenvalue weighted by molar-refractivity contribution is 0.0941. The van der Waals surface area contributed by atoms with Crippen LogP contribution in [0.3, 0.4) is 0 Å². The van der Waals surface area contributed by atoms with Gasteiger partial charge in [-0.05, 0) is 30.2 Å². The second-order valence-electron chi connectivity index (χ2n) is 6.52. The van der Waals surface area contributed by atoms with Gasteiger partial charge in [0.1, 0.15) is 0 Å². The van der Waals surface area contributed by atoms with Crippen molar-refractivity contribution in [3.63, 3.8) is 0 Å². The Morgan fingerprint density at radius 3 is 2.54 bits per heavy atom. The lowest BCUT2D eigenvalue weighted by atomic mass is 10.0. The highest BCUT2D eigenvalue weighted by Gasteiger charge is 2.20. The molecule has 0 aliphatic carbocycles. The summed E-state index contributed by atoms with van der Waals surface area (Å²) < 4.78 is 27.7. The lowest BCUT2D eigenvalue weighted by Crippen LogP contribution is -2.48.